The molecule has 0 radical (unpaired) electrons. The van der Waals surface area contributed by atoms with Crippen molar-refractivity contribution < 1.29 is 5.11 Å². The molecule has 0 aliphatic heterocycles. The van der Waals surface area contributed by atoms with Crippen molar-refractivity contribution in [3.8, 4) is 0 Å². The lowest BCUT2D eigenvalue weighted by Gasteiger charge is -1.99. The number of allylic oxidation sites excluding steroid dienone is 2. The number of rotatable bonds is 5. The number of nitrogens with zero attached hydrogens (tertiary/aromatic N) is 1. The second-order valence-corrected chi connectivity index (χ2v) is 2.50. The number of aliphatic imine (C=N–C) groups is 1. The predicted octanol–water partition coefficient (Wildman–Crippen LogP) is 1.79. The molecule has 0 aromatic rings. The standard InChI is InChI=1S/C9H17NO/c1-3-4-5-7-10-9(2)6-8-11/h4-5,7,9,11H,3,6,8H2,1-2H3/b5-4-,10-7?. The molecule has 0 bridgehead atoms. The summed E-state index contributed by atoms with van der Waals surface area (Å²) in [6, 6.07) is 0.238. The molecule has 64 valence electrons. The molecule has 2 nitrogen and oxygen atoms in total. The van der Waals surface area contributed by atoms with Crippen molar-refractivity contribution in [3.05, 3.63) is 12.2 Å². The number of hydrogen-bond donors (Lipinski definition) is 1. The fraction of sp³-hybridized carbons (Fsp3) is 0.667. The largest absolute Gasteiger partial charge is 0.396 e. The van der Waals surface area contributed by atoms with Gasteiger partial charge in [-0.2, -0.15) is 0 Å². The van der Waals surface area contributed by atoms with Gasteiger partial charge in [-0.15, -0.1) is 0 Å². The second-order valence-electron chi connectivity index (χ2n) is 2.50. The summed E-state index contributed by atoms with van der Waals surface area (Å²) in [7, 11) is 0. The molecular weight excluding hydrogens is 138 g/mol. The molecule has 0 heterocycles. The Labute approximate surface area is 68.7 Å². The maximum Gasteiger partial charge on any atom is 0.0493 e. The summed E-state index contributed by atoms with van der Waals surface area (Å²) < 4.78 is 0. The Morgan fingerprint density at radius 2 is 2.27 bits per heavy atom. The van der Waals surface area contributed by atoms with Crippen LogP contribution in [0, 0.1) is 0 Å². The van der Waals surface area contributed by atoms with Gasteiger partial charge in [0, 0.05) is 18.9 Å². The first-order valence-corrected chi connectivity index (χ1v) is 4.10. The van der Waals surface area contributed by atoms with E-state index in [1.54, 1.807) is 6.21 Å². The maximum absolute atomic E-state index is 8.55. The zero-order valence-corrected chi connectivity index (χ0v) is 7.33. The predicted molar refractivity (Wildman–Crippen MR) is 49.1 cm³/mol. The Bertz CT molecular complexity index is 130. The van der Waals surface area contributed by atoms with Gasteiger partial charge < -0.3 is 5.11 Å². The van der Waals surface area contributed by atoms with Crippen molar-refractivity contribution in [3.63, 3.8) is 0 Å². The molecule has 0 saturated heterocycles. The minimum Gasteiger partial charge on any atom is -0.396 e. The van der Waals surface area contributed by atoms with Gasteiger partial charge in [-0.1, -0.05) is 13.0 Å². The van der Waals surface area contributed by atoms with Crippen molar-refractivity contribution in [1.82, 2.24) is 0 Å². The van der Waals surface area contributed by atoms with Gasteiger partial charge in [-0.25, -0.2) is 0 Å². The van der Waals surface area contributed by atoms with Crippen LogP contribution >= 0.6 is 0 Å². The third-order valence-electron chi connectivity index (χ3n) is 1.35. The summed E-state index contributed by atoms with van der Waals surface area (Å²) in [5, 5.41) is 8.55. The zero-order valence-electron chi connectivity index (χ0n) is 7.33. The molecule has 0 saturated carbocycles. The van der Waals surface area contributed by atoms with Crippen LogP contribution in [0.3, 0.4) is 0 Å². The summed E-state index contributed by atoms with van der Waals surface area (Å²) in [6.45, 7) is 4.30. The lowest BCUT2D eigenvalue weighted by atomic mass is 10.3. The number of hydrogen-bond acceptors (Lipinski definition) is 2. The van der Waals surface area contributed by atoms with E-state index in [0.29, 0.717) is 0 Å². The Morgan fingerprint density at radius 3 is 2.82 bits per heavy atom. The fourth-order valence-electron chi connectivity index (χ4n) is 0.655. The highest BCUT2D eigenvalue weighted by molar-refractivity contribution is 5.71. The highest BCUT2D eigenvalue weighted by Gasteiger charge is 1.92. The van der Waals surface area contributed by atoms with Crippen LogP contribution in [0.5, 0.6) is 0 Å². The van der Waals surface area contributed by atoms with E-state index in [9.17, 15) is 0 Å². The highest BCUT2D eigenvalue weighted by atomic mass is 16.3. The van der Waals surface area contributed by atoms with Gasteiger partial charge in [0.05, 0.1) is 0 Å². The van der Waals surface area contributed by atoms with E-state index in [4.69, 9.17) is 5.11 Å². The first-order valence-electron chi connectivity index (χ1n) is 4.10. The summed E-state index contributed by atoms with van der Waals surface area (Å²) >= 11 is 0. The molecule has 0 amide bonds. The Morgan fingerprint density at radius 1 is 1.55 bits per heavy atom. The normalized spacial score (nSPS) is 14.8. The first kappa shape index (κ1) is 10.4. The molecule has 1 unspecified atom stereocenters. The van der Waals surface area contributed by atoms with Crippen LogP contribution in [0.1, 0.15) is 26.7 Å². The van der Waals surface area contributed by atoms with Crippen molar-refractivity contribution in [2.24, 2.45) is 4.99 Å². The SMILES string of the molecule is CC/C=C\C=NC(C)CCO. The summed E-state index contributed by atoms with van der Waals surface area (Å²) in [6.07, 6.45) is 7.57. The van der Waals surface area contributed by atoms with Crippen LogP contribution in [0.25, 0.3) is 0 Å². The molecule has 1 N–H and O–H groups in total. The van der Waals surface area contributed by atoms with Gasteiger partial charge in [0.2, 0.25) is 0 Å². The molecular formula is C9H17NO. The second kappa shape index (κ2) is 7.48. The van der Waals surface area contributed by atoms with Crippen LogP contribution in [0.2, 0.25) is 0 Å². The zero-order chi connectivity index (χ0) is 8.53. The molecule has 0 rings (SSSR count). The van der Waals surface area contributed by atoms with Crippen LogP contribution < -0.4 is 0 Å². The summed E-state index contributed by atoms with van der Waals surface area (Å²) in [4.78, 5) is 4.18. The highest BCUT2D eigenvalue weighted by Crippen LogP contribution is 1.93. The quantitative estimate of drug-likeness (QED) is 0.603. The van der Waals surface area contributed by atoms with E-state index in [2.05, 4.69) is 18.0 Å². The minimum absolute atomic E-state index is 0.218. The lowest BCUT2D eigenvalue weighted by molar-refractivity contribution is 0.279. The Kier molecular flexibility index (Phi) is 7.05. The summed E-state index contributed by atoms with van der Waals surface area (Å²) in [5.41, 5.74) is 0. The summed E-state index contributed by atoms with van der Waals surface area (Å²) in [5.74, 6) is 0. The van der Waals surface area contributed by atoms with Crippen molar-refractivity contribution in [2.45, 2.75) is 32.7 Å². The molecule has 0 aliphatic carbocycles. The van der Waals surface area contributed by atoms with E-state index >= 15 is 0 Å². The third-order valence-corrected chi connectivity index (χ3v) is 1.35. The topological polar surface area (TPSA) is 32.6 Å². The molecule has 11 heavy (non-hydrogen) atoms. The molecule has 1 atom stereocenters. The van der Waals surface area contributed by atoms with Crippen LogP contribution in [0.15, 0.2) is 17.1 Å². The molecule has 2 heteroatoms. The van der Waals surface area contributed by atoms with Gasteiger partial charge in [-0.05, 0) is 25.8 Å². The van der Waals surface area contributed by atoms with E-state index in [-0.39, 0.29) is 12.6 Å². The van der Waals surface area contributed by atoms with E-state index < -0.39 is 0 Å². The lowest BCUT2D eigenvalue weighted by Crippen LogP contribution is -2.00. The molecule has 0 aromatic heterocycles. The molecule has 0 aliphatic rings. The average Bonchev–Trinajstić information content (AvgIpc) is 1.99. The van der Waals surface area contributed by atoms with Gasteiger partial charge >= 0.3 is 0 Å². The average molecular weight is 155 g/mol. The number of aliphatic hydroxyl groups excluding tert-OH is 1. The van der Waals surface area contributed by atoms with Crippen molar-refractivity contribution in [2.75, 3.05) is 6.61 Å². The van der Waals surface area contributed by atoms with Crippen LogP contribution in [-0.2, 0) is 0 Å². The minimum atomic E-state index is 0.218. The Balaban J connectivity index is 3.47. The molecule has 0 aromatic carbocycles. The van der Waals surface area contributed by atoms with Gasteiger partial charge in [0.15, 0.2) is 0 Å². The van der Waals surface area contributed by atoms with Crippen LogP contribution in [-0.4, -0.2) is 24.0 Å². The van der Waals surface area contributed by atoms with Crippen molar-refractivity contribution in [1.29, 1.82) is 0 Å². The molecule has 0 fully saturated rings. The molecule has 0 spiro atoms. The van der Waals surface area contributed by atoms with Gasteiger partial charge in [-0.3, -0.25) is 4.99 Å². The maximum atomic E-state index is 8.55. The van der Waals surface area contributed by atoms with Gasteiger partial charge in [0.25, 0.3) is 0 Å². The Hall–Kier alpha value is -0.630. The van der Waals surface area contributed by atoms with Crippen LogP contribution in [0.4, 0.5) is 0 Å². The van der Waals surface area contributed by atoms with E-state index in [1.165, 1.54) is 0 Å². The number of aliphatic hydroxyl groups is 1. The van der Waals surface area contributed by atoms with Crippen molar-refractivity contribution >= 4 is 6.21 Å². The smallest absolute Gasteiger partial charge is 0.0493 e. The fourth-order valence-corrected chi connectivity index (χ4v) is 0.655. The first-order chi connectivity index (χ1) is 5.31. The van der Waals surface area contributed by atoms with E-state index in [1.807, 2.05) is 13.0 Å². The monoisotopic (exact) mass is 155 g/mol. The van der Waals surface area contributed by atoms with Gasteiger partial charge in [0.1, 0.15) is 0 Å². The third kappa shape index (κ3) is 7.26. The van der Waals surface area contributed by atoms with E-state index in [0.717, 1.165) is 12.8 Å².